The molecule has 0 N–H and O–H groups in total. The second kappa shape index (κ2) is 16.1. The van der Waals surface area contributed by atoms with E-state index in [4.69, 9.17) is 0 Å². The number of hydrogen-bond acceptors (Lipinski definition) is 0. The van der Waals surface area contributed by atoms with Gasteiger partial charge in [0.25, 0.3) is 0 Å². The molecule has 0 nitrogen and oxygen atoms in total. The molecule has 16 rings (SSSR count). The van der Waals surface area contributed by atoms with Gasteiger partial charge in [0.15, 0.2) is 0 Å². The van der Waals surface area contributed by atoms with E-state index in [9.17, 15) is 0 Å². The largest absolute Gasteiger partial charge is 0.245 e. The summed E-state index contributed by atoms with van der Waals surface area (Å²) in [6.45, 7) is -0.245. The second-order valence-electron chi connectivity index (χ2n) is 20.5. The summed E-state index contributed by atoms with van der Waals surface area (Å²) in [4.78, 5) is 0. The van der Waals surface area contributed by atoms with Crippen LogP contribution in [-0.2, 0) is 0 Å². The van der Waals surface area contributed by atoms with Crippen LogP contribution in [0.1, 0.15) is 0 Å². The van der Waals surface area contributed by atoms with Gasteiger partial charge in [-0.05, 0) is 143 Å². The summed E-state index contributed by atoms with van der Waals surface area (Å²) in [7, 11) is 0. The molecule has 0 unspecified atom stereocenters. The first-order valence-electron chi connectivity index (χ1n) is 26.1. The first-order valence-corrected chi connectivity index (χ1v) is 26.1. The lowest BCUT2D eigenvalue weighted by Gasteiger charge is -2.27. The molecule has 0 aliphatic heterocycles. The lowest BCUT2D eigenvalue weighted by atomic mass is 9.33. The Kier molecular flexibility index (Phi) is 9.03. The Morgan fingerprint density at radius 3 is 0.595 bits per heavy atom. The summed E-state index contributed by atoms with van der Waals surface area (Å²) in [5.74, 6) is 0. The van der Waals surface area contributed by atoms with Gasteiger partial charge in [0.1, 0.15) is 0 Å². The molecule has 0 fully saturated rings. The molecule has 16 aromatic rings. The standard InChI is InChI=1S/C72H44B2/c1-9-25-55-47(17-1)41-48-18-2-10-26-56(48)69(55)73(70-57-27-11-3-19-49(57)42-50-20-4-12-28-58(50)70)65-39-35-45-34-38-64-66(40-36-46-33-37-63(65)67(45)68(46)64)74(71-59-29-13-5-21-51(59)43-52-22-6-14-30-60(52)71)72-61-31-15-7-23-53(61)44-54-24-8-16-32-62(54)72/h1-44H. The van der Waals surface area contributed by atoms with Gasteiger partial charge in [0.05, 0.1) is 0 Å². The summed E-state index contributed by atoms with van der Waals surface area (Å²) in [5.41, 5.74) is 8.03. The molecule has 0 radical (unpaired) electrons. The Labute approximate surface area is 429 Å². The van der Waals surface area contributed by atoms with Crippen molar-refractivity contribution in [1.82, 2.24) is 0 Å². The van der Waals surface area contributed by atoms with Crippen LogP contribution in [0.5, 0.6) is 0 Å². The quantitative estimate of drug-likeness (QED) is 0.0885. The fraction of sp³-hybridized carbons (Fsp3) is 0. The first-order chi connectivity index (χ1) is 36.7. The minimum Gasteiger partial charge on any atom is -0.0657 e. The molecule has 0 aliphatic rings. The maximum atomic E-state index is 2.47. The third-order valence-corrected chi connectivity index (χ3v) is 16.8. The zero-order valence-corrected chi connectivity index (χ0v) is 40.6. The van der Waals surface area contributed by atoms with E-state index in [2.05, 4.69) is 267 Å². The van der Waals surface area contributed by atoms with E-state index < -0.39 is 0 Å². The fourth-order valence-corrected chi connectivity index (χ4v) is 13.7. The van der Waals surface area contributed by atoms with Crippen molar-refractivity contribution >= 4 is 165 Å². The SMILES string of the molecule is c1ccc2c(B(c3c4ccccc4cc4ccccc34)c3ccc4ccc5c(B(c6c7ccccc7cc7ccccc67)c6c7ccccc7cc7ccccc67)ccc6ccc3c4c65)c3ccccc3cc2c1. The highest BCUT2D eigenvalue weighted by molar-refractivity contribution is 7.03. The molecule has 0 saturated carbocycles. The van der Waals surface area contributed by atoms with Crippen molar-refractivity contribution in [1.29, 1.82) is 0 Å². The van der Waals surface area contributed by atoms with Crippen LogP contribution in [0, 0.1) is 0 Å². The number of benzene rings is 16. The third-order valence-electron chi connectivity index (χ3n) is 16.8. The summed E-state index contributed by atoms with van der Waals surface area (Å²) < 4.78 is 0. The minimum atomic E-state index is -0.122. The zero-order valence-electron chi connectivity index (χ0n) is 40.6. The van der Waals surface area contributed by atoms with Crippen molar-refractivity contribution in [3.63, 3.8) is 0 Å². The van der Waals surface area contributed by atoms with Gasteiger partial charge in [-0.1, -0.05) is 275 Å². The minimum absolute atomic E-state index is 0.122. The van der Waals surface area contributed by atoms with Crippen LogP contribution in [0.2, 0.25) is 0 Å². The van der Waals surface area contributed by atoms with Gasteiger partial charge in [0.2, 0.25) is 13.4 Å². The van der Waals surface area contributed by atoms with Crippen molar-refractivity contribution in [2.45, 2.75) is 0 Å². The van der Waals surface area contributed by atoms with Gasteiger partial charge >= 0.3 is 0 Å². The predicted molar refractivity (Wildman–Crippen MR) is 325 cm³/mol. The third kappa shape index (κ3) is 6.06. The van der Waals surface area contributed by atoms with Crippen molar-refractivity contribution in [2.24, 2.45) is 0 Å². The Hall–Kier alpha value is -9.23. The molecule has 0 spiro atoms. The molecule has 0 saturated heterocycles. The van der Waals surface area contributed by atoms with Crippen LogP contribution in [0.25, 0.3) is 118 Å². The Morgan fingerprint density at radius 1 is 0.162 bits per heavy atom. The molecule has 0 heterocycles. The molecule has 74 heavy (non-hydrogen) atoms. The van der Waals surface area contributed by atoms with E-state index in [0.29, 0.717) is 0 Å². The predicted octanol–water partition coefficient (Wildman–Crippen LogP) is 14.8. The van der Waals surface area contributed by atoms with Crippen molar-refractivity contribution in [2.75, 3.05) is 0 Å². The summed E-state index contributed by atoms with van der Waals surface area (Å²) in [5, 5.41) is 28.1. The van der Waals surface area contributed by atoms with Crippen molar-refractivity contribution < 1.29 is 0 Å². The number of hydrogen-bond donors (Lipinski definition) is 0. The van der Waals surface area contributed by atoms with Gasteiger partial charge in [-0.15, -0.1) is 0 Å². The molecule has 0 bridgehead atoms. The Morgan fingerprint density at radius 2 is 0.365 bits per heavy atom. The fourth-order valence-electron chi connectivity index (χ4n) is 13.7. The Bertz CT molecular complexity index is 4220. The van der Waals surface area contributed by atoms with E-state index in [-0.39, 0.29) is 13.4 Å². The van der Waals surface area contributed by atoms with Gasteiger partial charge in [-0.2, -0.15) is 0 Å². The maximum Gasteiger partial charge on any atom is 0.245 e. The van der Waals surface area contributed by atoms with Crippen molar-refractivity contribution in [3.05, 3.63) is 267 Å². The smallest absolute Gasteiger partial charge is 0.0657 e. The van der Waals surface area contributed by atoms with Crippen LogP contribution in [-0.4, -0.2) is 13.4 Å². The van der Waals surface area contributed by atoms with Crippen LogP contribution in [0.3, 0.4) is 0 Å². The molecule has 0 atom stereocenters. The molecule has 16 aromatic carbocycles. The highest BCUT2D eigenvalue weighted by Crippen LogP contribution is 2.36. The van der Waals surface area contributed by atoms with Crippen LogP contribution in [0.4, 0.5) is 0 Å². The lowest BCUT2D eigenvalue weighted by Crippen LogP contribution is -2.53. The zero-order chi connectivity index (χ0) is 48.4. The van der Waals surface area contributed by atoms with E-state index in [1.165, 1.54) is 151 Å². The normalized spacial score (nSPS) is 12.1. The number of fused-ring (bicyclic) bond motifs is 8. The van der Waals surface area contributed by atoms with Crippen molar-refractivity contribution in [3.8, 4) is 0 Å². The van der Waals surface area contributed by atoms with Crippen LogP contribution < -0.4 is 32.8 Å². The van der Waals surface area contributed by atoms with E-state index in [1.54, 1.807) is 0 Å². The average Bonchev–Trinajstić information content (AvgIpc) is 3.47. The van der Waals surface area contributed by atoms with E-state index >= 15 is 0 Å². The molecule has 2 heteroatoms. The summed E-state index contributed by atoms with van der Waals surface area (Å²) in [6, 6.07) is 101. The first kappa shape index (κ1) is 41.4. The summed E-state index contributed by atoms with van der Waals surface area (Å²) >= 11 is 0. The maximum absolute atomic E-state index is 2.47. The highest BCUT2D eigenvalue weighted by Gasteiger charge is 2.34. The monoisotopic (exact) mass is 930 g/mol. The molecule has 0 aliphatic carbocycles. The van der Waals surface area contributed by atoms with E-state index in [1.807, 2.05) is 0 Å². The molecule has 0 amide bonds. The van der Waals surface area contributed by atoms with Gasteiger partial charge in [0, 0.05) is 0 Å². The number of rotatable bonds is 6. The molecular weight excluding hydrogens is 886 g/mol. The molecule has 0 aromatic heterocycles. The molecular formula is C72H44B2. The van der Waals surface area contributed by atoms with Gasteiger partial charge in [-0.25, -0.2) is 0 Å². The lowest BCUT2D eigenvalue weighted by molar-refractivity contribution is 1.76. The molecule has 338 valence electrons. The van der Waals surface area contributed by atoms with Crippen LogP contribution >= 0.6 is 0 Å². The second-order valence-corrected chi connectivity index (χ2v) is 20.5. The summed E-state index contributed by atoms with van der Waals surface area (Å²) in [6.07, 6.45) is 0. The average molecular weight is 931 g/mol. The van der Waals surface area contributed by atoms with Crippen LogP contribution in [0.15, 0.2) is 267 Å². The van der Waals surface area contributed by atoms with Gasteiger partial charge < -0.3 is 0 Å². The Balaban J connectivity index is 1.06. The van der Waals surface area contributed by atoms with Gasteiger partial charge in [-0.3, -0.25) is 0 Å². The highest BCUT2D eigenvalue weighted by atomic mass is 14.2. The topological polar surface area (TPSA) is 0 Å². The van der Waals surface area contributed by atoms with E-state index in [0.717, 1.165) is 0 Å².